The second-order valence-electron chi connectivity index (χ2n) is 6.19. The number of benzene rings is 1. The summed E-state index contributed by atoms with van der Waals surface area (Å²) in [5.41, 5.74) is 2.11. The summed E-state index contributed by atoms with van der Waals surface area (Å²) < 4.78 is 0. The van der Waals surface area contributed by atoms with Gasteiger partial charge in [0.15, 0.2) is 0 Å². The molecular weight excluding hydrogens is 314 g/mol. The minimum absolute atomic E-state index is 0.0922. The number of aromatic hydroxyl groups is 1. The van der Waals surface area contributed by atoms with Gasteiger partial charge >= 0.3 is 0 Å². The van der Waals surface area contributed by atoms with Crippen LogP contribution < -0.4 is 0 Å². The number of hydrogen-bond donors (Lipinski definition) is 2. The van der Waals surface area contributed by atoms with E-state index < -0.39 is 0 Å². The molecule has 6 heteroatoms. The maximum atomic E-state index is 12.8. The van der Waals surface area contributed by atoms with Gasteiger partial charge in [-0.05, 0) is 49.4 Å². The number of aromatic nitrogens is 2. The van der Waals surface area contributed by atoms with Crippen LogP contribution in [0.2, 0.25) is 5.02 Å². The Morgan fingerprint density at radius 2 is 2.22 bits per heavy atom. The Balaban J connectivity index is 1.81. The Kier molecular flexibility index (Phi) is 4.57. The molecule has 3 rings (SSSR count). The number of aryl methyl sites for hydroxylation is 1. The van der Waals surface area contributed by atoms with Gasteiger partial charge in [0.25, 0.3) is 5.91 Å². The lowest BCUT2D eigenvalue weighted by atomic mass is 9.85. The predicted octanol–water partition coefficient (Wildman–Crippen LogP) is 3.52. The molecule has 1 amide bonds. The van der Waals surface area contributed by atoms with Crippen molar-refractivity contribution in [2.24, 2.45) is 5.92 Å². The van der Waals surface area contributed by atoms with Crippen molar-refractivity contribution in [1.29, 1.82) is 0 Å². The highest BCUT2D eigenvalue weighted by molar-refractivity contribution is 6.31. The zero-order chi connectivity index (χ0) is 16.4. The summed E-state index contributed by atoms with van der Waals surface area (Å²) in [7, 11) is 0. The van der Waals surface area contributed by atoms with Crippen LogP contribution >= 0.6 is 11.6 Å². The van der Waals surface area contributed by atoms with Gasteiger partial charge in [0.05, 0.1) is 0 Å². The molecule has 1 aromatic carbocycles. The molecule has 1 fully saturated rings. The third kappa shape index (κ3) is 3.67. The summed E-state index contributed by atoms with van der Waals surface area (Å²) in [6.07, 6.45) is 3.55. The number of nitrogens with zero attached hydrogens (tertiary/aromatic N) is 2. The average Bonchev–Trinajstić information content (AvgIpc) is 2.89. The highest BCUT2D eigenvalue weighted by Gasteiger charge is 2.26. The number of amides is 1. The lowest BCUT2D eigenvalue weighted by Crippen LogP contribution is -2.37. The number of phenolic OH excluding ortho intramolecular Hbond substituents is 1. The largest absolute Gasteiger partial charge is 0.508 e. The van der Waals surface area contributed by atoms with Crippen LogP contribution in [-0.4, -0.2) is 32.7 Å². The zero-order valence-electron chi connectivity index (χ0n) is 13.1. The third-order valence-electron chi connectivity index (χ3n) is 4.31. The summed E-state index contributed by atoms with van der Waals surface area (Å²) in [5.74, 6) is 0.582. The maximum absolute atomic E-state index is 12.8. The molecule has 122 valence electrons. The fourth-order valence-electron chi connectivity index (χ4n) is 2.77. The second-order valence-corrected chi connectivity index (χ2v) is 6.60. The molecule has 23 heavy (non-hydrogen) atoms. The number of aromatic amines is 1. The van der Waals surface area contributed by atoms with Gasteiger partial charge in [0.2, 0.25) is 0 Å². The van der Waals surface area contributed by atoms with E-state index in [4.69, 9.17) is 11.6 Å². The molecule has 0 bridgehead atoms. The number of phenols is 1. The summed E-state index contributed by atoms with van der Waals surface area (Å²) in [6, 6.07) is 6.61. The minimum atomic E-state index is -0.0922. The van der Waals surface area contributed by atoms with Crippen molar-refractivity contribution in [2.45, 2.75) is 32.7 Å². The lowest BCUT2D eigenvalue weighted by molar-refractivity contribution is 0.0673. The van der Waals surface area contributed by atoms with Gasteiger partial charge in [-0.25, -0.2) is 0 Å². The van der Waals surface area contributed by atoms with Crippen molar-refractivity contribution < 1.29 is 9.90 Å². The molecule has 5 nitrogen and oxygen atoms in total. The third-order valence-corrected chi connectivity index (χ3v) is 4.67. The van der Waals surface area contributed by atoms with Crippen molar-refractivity contribution in [3.8, 4) is 5.75 Å². The summed E-state index contributed by atoms with van der Waals surface area (Å²) in [5, 5.41) is 16.8. The number of carbonyl (C=O) groups excluding carboxylic acids is 1. The molecule has 1 heterocycles. The zero-order valence-corrected chi connectivity index (χ0v) is 13.8. The number of halogens is 1. The molecule has 2 aromatic rings. The first-order valence-electron chi connectivity index (χ1n) is 7.81. The molecule has 2 N–H and O–H groups in total. The van der Waals surface area contributed by atoms with E-state index in [0.717, 1.165) is 24.1 Å². The van der Waals surface area contributed by atoms with E-state index in [1.807, 2.05) is 6.92 Å². The molecule has 1 aliphatic rings. The van der Waals surface area contributed by atoms with Crippen LogP contribution in [0.25, 0.3) is 0 Å². The predicted molar refractivity (Wildman–Crippen MR) is 88.5 cm³/mol. The molecule has 1 aromatic heterocycles. The minimum Gasteiger partial charge on any atom is -0.508 e. The molecule has 1 saturated carbocycles. The normalized spacial score (nSPS) is 14.5. The maximum Gasteiger partial charge on any atom is 0.274 e. The number of nitrogens with one attached hydrogen (secondary N) is 1. The Hall–Kier alpha value is -2.01. The number of hydrogen-bond acceptors (Lipinski definition) is 3. The quantitative estimate of drug-likeness (QED) is 0.879. The topological polar surface area (TPSA) is 69.2 Å². The van der Waals surface area contributed by atoms with Crippen LogP contribution in [0.5, 0.6) is 5.75 Å². The highest BCUT2D eigenvalue weighted by Crippen LogP contribution is 2.29. The van der Waals surface area contributed by atoms with E-state index in [9.17, 15) is 9.90 Å². The Labute approximate surface area is 140 Å². The smallest absolute Gasteiger partial charge is 0.274 e. The second kappa shape index (κ2) is 6.62. The first-order chi connectivity index (χ1) is 11.0. The Morgan fingerprint density at radius 1 is 1.43 bits per heavy atom. The van der Waals surface area contributed by atoms with Crippen LogP contribution in [0.4, 0.5) is 0 Å². The Bertz CT molecular complexity index is 710. The van der Waals surface area contributed by atoms with Crippen molar-refractivity contribution in [1.82, 2.24) is 15.1 Å². The summed E-state index contributed by atoms with van der Waals surface area (Å²) in [4.78, 5) is 14.6. The van der Waals surface area contributed by atoms with Gasteiger partial charge in [0.1, 0.15) is 11.4 Å². The van der Waals surface area contributed by atoms with Gasteiger partial charge in [-0.3, -0.25) is 9.89 Å². The van der Waals surface area contributed by atoms with Crippen molar-refractivity contribution in [3.63, 3.8) is 0 Å². The molecule has 0 saturated heterocycles. The average molecular weight is 334 g/mol. The number of H-pyrrole nitrogens is 1. The van der Waals surface area contributed by atoms with E-state index in [1.165, 1.54) is 12.5 Å². The van der Waals surface area contributed by atoms with E-state index in [0.29, 0.717) is 29.7 Å². The van der Waals surface area contributed by atoms with Crippen LogP contribution in [0.3, 0.4) is 0 Å². The summed E-state index contributed by atoms with van der Waals surface area (Å²) in [6.45, 7) is 3.00. The molecule has 0 atom stereocenters. The number of carbonyl (C=O) groups is 1. The molecule has 0 unspecified atom stereocenters. The van der Waals surface area contributed by atoms with E-state index >= 15 is 0 Å². The van der Waals surface area contributed by atoms with Gasteiger partial charge in [-0.1, -0.05) is 24.1 Å². The monoisotopic (exact) mass is 333 g/mol. The van der Waals surface area contributed by atoms with Crippen molar-refractivity contribution >= 4 is 17.5 Å². The van der Waals surface area contributed by atoms with Crippen LogP contribution in [0.15, 0.2) is 24.3 Å². The Morgan fingerprint density at radius 3 is 2.78 bits per heavy atom. The number of rotatable bonds is 5. The van der Waals surface area contributed by atoms with Gasteiger partial charge in [-0.15, -0.1) is 0 Å². The first-order valence-corrected chi connectivity index (χ1v) is 8.19. The first kappa shape index (κ1) is 15.9. The fraction of sp³-hybridized carbons (Fsp3) is 0.412. The highest BCUT2D eigenvalue weighted by atomic mass is 35.5. The molecule has 0 spiro atoms. The molecular formula is C17H20ClN3O2. The SMILES string of the molecule is Cc1cc(C(=O)N(Cc2ccc(O)cc2Cl)CC2CCC2)n[nH]1. The van der Waals surface area contributed by atoms with Gasteiger partial charge < -0.3 is 10.0 Å². The van der Waals surface area contributed by atoms with Crippen molar-refractivity contribution in [3.05, 3.63) is 46.2 Å². The molecule has 0 radical (unpaired) electrons. The van der Waals surface area contributed by atoms with Crippen molar-refractivity contribution in [2.75, 3.05) is 6.54 Å². The van der Waals surface area contributed by atoms with Gasteiger partial charge in [0, 0.05) is 23.8 Å². The standard InChI is InChI=1S/C17H20ClN3O2/c1-11-7-16(20-19-11)17(23)21(9-12-3-2-4-12)10-13-5-6-14(22)8-15(13)18/h5-8,12,22H,2-4,9-10H2,1H3,(H,19,20). The lowest BCUT2D eigenvalue weighted by Gasteiger charge is -2.32. The van der Waals surface area contributed by atoms with Crippen LogP contribution in [0.1, 0.15) is 41.0 Å². The van der Waals surface area contributed by atoms with E-state index in [-0.39, 0.29) is 11.7 Å². The fourth-order valence-corrected chi connectivity index (χ4v) is 3.00. The summed E-state index contributed by atoms with van der Waals surface area (Å²) >= 11 is 6.19. The van der Waals surface area contributed by atoms with Crippen LogP contribution in [0, 0.1) is 12.8 Å². The molecule has 0 aliphatic heterocycles. The van der Waals surface area contributed by atoms with E-state index in [1.54, 1.807) is 23.1 Å². The van der Waals surface area contributed by atoms with Crippen LogP contribution in [-0.2, 0) is 6.54 Å². The molecule has 1 aliphatic carbocycles. The van der Waals surface area contributed by atoms with Gasteiger partial charge in [-0.2, -0.15) is 5.10 Å². The van der Waals surface area contributed by atoms with E-state index in [2.05, 4.69) is 10.2 Å².